The van der Waals surface area contributed by atoms with Gasteiger partial charge in [0.2, 0.25) is 5.91 Å². The van der Waals surface area contributed by atoms with Crippen LogP contribution in [0.5, 0.6) is 0 Å². The van der Waals surface area contributed by atoms with Crippen LogP contribution in [0.4, 0.5) is 0 Å². The van der Waals surface area contributed by atoms with Crippen LogP contribution < -0.4 is 5.32 Å². The van der Waals surface area contributed by atoms with Crippen LogP contribution in [0.25, 0.3) is 11.0 Å². The molecule has 0 aliphatic heterocycles. The predicted octanol–water partition coefficient (Wildman–Crippen LogP) is 5.76. The number of carbonyl (C=O) groups is 1. The topological polar surface area (TPSA) is 46.9 Å². The second-order valence-corrected chi connectivity index (χ2v) is 7.27. The number of aryl methyl sites for hydroxylation is 1. The zero-order valence-corrected chi connectivity index (χ0v) is 16.8. The van der Waals surface area contributed by atoms with Crippen LogP contribution in [-0.4, -0.2) is 15.5 Å². The molecule has 0 fully saturated rings. The molecule has 2 rings (SSSR count). The number of amides is 1. The number of imidazole rings is 1. The van der Waals surface area contributed by atoms with Crippen LogP contribution in [0.1, 0.15) is 90.4 Å². The highest BCUT2D eigenvalue weighted by Gasteiger charge is 2.17. The van der Waals surface area contributed by atoms with Gasteiger partial charge in [-0.15, -0.1) is 0 Å². The standard InChI is InChI=1S/C22H35N3O/c1-4-6-7-8-9-10-13-17-25-20-16-12-11-15-19(20)24-22(25)18(3)23-21(26)14-5-2/h11-12,15-16,18H,4-10,13-14,17H2,1-3H3,(H,23,26). The van der Waals surface area contributed by atoms with E-state index < -0.39 is 0 Å². The van der Waals surface area contributed by atoms with Crippen LogP contribution in [0.15, 0.2) is 24.3 Å². The summed E-state index contributed by atoms with van der Waals surface area (Å²) in [5.41, 5.74) is 2.19. The highest BCUT2D eigenvalue weighted by molar-refractivity contribution is 5.78. The van der Waals surface area contributed by atoms with Crippen molar-refractivity contribution in [3.05, 3.63) is 30.1 Å². The van der Waals surface area contributed by atoms with Crippen LogP contribution in [0.2, 0.25) is 0 Å². The molecule has 1 heterocycles. The van der Waals surface area contributed by atoms with E-state index in [1.807, 2.05) is 19.9 Å². The first-order chi connectivity index (χ1) is 12.7. The van der Waals surface area contributed by atoms with Gasteiger partial charge in [0.05, 0.1) is 17.1 Å². The summed E-state index contributed by atoms with van der Waals surface area (Å²) in [6, 6.07) is 8.22. The largest absolute Gasteiger partial charge is 0.346 e. The Morgan fingerprint density at radius 2 is 1.73 bits per heavy atom. The van der Waals surface area contributed by atoms with Gasteiger partial charge in [-0.05, 0) is 31.9 Å². The molecule has 0 aliphatic carbocycles. The van der Waals surface area contributed by atoms with Crippen molar-refractivity contribution in [2.45, 2.75) is 91.1 Å². The van der Waals surface area contributed by atoms with Crippen molar-refractivity contribution in [3.63, 3.8) is 0 Å². The Hall–Kier alpha value is -1.84. The predicted molar refractivity (Wildman–Crippen MR) is 109 cm³/mol. The fraction of sp³-hybridized carbons (Fsp3) is 0.636. The molecule has 0 radical (unpaired) electrons. The maximum Gasteiger partial charge on any atom is 0.220 e. The Morgan fingerprint density at radius 1 is 1.04 bits per heavy atom. The first-order valence-electron chi connectivity index (χ1n) is 10.4. The van der Waals surface area contributed by atoms with Crippen molar-refractivity contribution >= 4 is 16.9 Å². The molecular weight excluding hydrogens is 322 g/mol. The van der Waals surface area contributed by atoms with Gasteiger partial charge in [0.25, 0.3) is 0 Å². The second-order valence-electron chi connectivity index (χ2n) is 7.27. The van der Waals surface area contributed by atoms with Crippen molar-refractivity contribution in [1.82, 2.24) is 14.9 Å². The van der Waals surface area contributed by atoms with Gasteiger partial charge in [-0.2, -0.15) is 0 Å². The second kappa shape index (κ2) is 11.0. The van der Waals surface area contributed by atoms with E-state index >= 15 is 0 Å². The van der Waals surface area contributed by atoms with Gasteiger partial charge in [0.1, 0.15) is 5.82 Å². The van der Waals surface area contributed by atoms with Gasteiger partial charge in [0, 0.05) is 13.0 Å². The van der Waals surface area contributed by atoms with Crippen molar-refractivity contribution < 1.29 is 4.79 Å². The monoisotopic (exact) mass is 357 g/mol. The zero-order valence-electron chi connectivity index (χ0n) is 16.8. The number of nitrogens with one attached hydrogen (secondary N) is 1. The summed E-state index contributed by atoms with van der Waals surface area (Å²) < 4.78 is 2.30. The van der Waals surface area contributed by atoms with Crippen LogP contribution in [-0.2, 0) is 11.3 Å². The molecule has 1 N–H and O–H groups in total. The smallest absolute Gasteiger partial charge is 0.220 e. The lowest BCUT2D eigenvalue weighted by atomic mass is 10.1. The maximum atomic E-state index is 12.0. The molecule has 0 saturated carbocycles. The van der Waals surface area contributed by atoms with E-state index in [0.717, 1.165) is 30.7 Å². The molecule has 0 aliphatic rings. The number of aromatic nitrogens is 2. The van der Waals surface area contributed by atoms with Gasteiger partial charge in [-0.1, -0.05) is 64.5 Å². The summed E-state index contributed by atoms with van der Waals surface area (Å²) in [6.45, 7) is 7.29. The van der Waals surface area contributed by atoms with Gasteiger partial charge in [-0.3, -0.25) is 4.79 Å². The van der Waals surface area contributed by atoms with Gasteiger partial charge < -0.3 is 9.88 Å². The van der Waals surface area contributed by atoms with Gasteiger partial charge >= 0.3 is 0 Å². The molecule has 0 bridgehead atoms. The molecule has 1 aromatic carbocycles. The number of benzene rings is 1. The minimum absolute atomic E-state index is 0.0639. The third-order valence-electron chi connectivity index (χ3n) is 4.91. The summed E-state index contributed by atoms with van der Waals surface area (Å²) in [6.07, 6.45) is 10.5. The summed E-state index contributed by atoms with van der Waals surface area (Å²) in [5, 5.41) is 3.10. The van der Waals surface area contributed by atoms with Crippen LogP contribution in [0.3, 0.4) is 0 Å². The van der Waals surface area contributed by atoms with E-state index in [2.05, 4.69) is 35.0 Å². The number of unbranched alkanes of at least 4 members (excludes halogenated alkanes) is 6. The maximum absolute atomic E-state index is 12.0. The van der Waals surface area contributed by atoms with Gasteiger partial charge in [-0.25, -0.2) is 4.98 Å². The molecule has 4 nitrogen and oxygen atoms in total. The lowest BCUT2D eigenvalue weighted by Crippen LogP contribution is -2.28. The van der Waals surface area contributed by atoms with Crippen molar-refractivity contribution in [2.75, 3.05) is 0 Å². The van der Waals surface area contributed by atoms with Crippen LogP contribution >= 0.6 is 0 Å². The third-order valence-corrected chi connectivity index (χ3v) is 4.91. The molecule has 1 aromatic heterocycles. The molecule has 0 saturated heterocycles. The lowest BCUT2D eigenvalue weighted by molar-refractivity contribution is -0.121. The average molecular weight is 358 g/mol. The average Bonchev–Trinajstić information content (AvgIpc) is 3.00. The quantitative estimate of drug-likeness (QED) is 0.491. The van der Waals surface area contributed by atoms with Crippen molar-refractivity contribution in [1.29, 1.82) is 0 Å². The highest BCUT2D eigenvalue weighted by Crippen LogP contribution is 2.22. The third kappa shape index (κ3) is 5.86. The number of nitrogens with zero attached hydrogens (tertiary/aromatic N) is 2. The molecule has 4 heteroatoms. The zero-order chi connectivity index (χ0) is 18.8. The summed E-state index contributed by atoms with van der Waals surface area (Å²) in [7, 11) is 0. The summed E-state index contributed by atoms with van der Waals surface area (Å²) in [5.74, 6) is 1.08. The highest BCUT2D eigenvalue weighted by atomic mass is 16.1. The minimum atomic E-state index is -0.0639. The molecule has 0 spiro atoms. The number of rotatable bonds is 12. The summed E-state index contributed by atoms with van der Waals surface area (Å²) in [4.78, 5) is 16.8. The fourth-order valence-corrected chi connectivity index (χ4v) is 3.49. The molecular formula is C22H35N3O. The Morgan fingerprint density at radius 3 is 2.46 bits per heavy atom. The normalized spacial score (nSPS) is 12.4. The van der Waals surface area contributed by atoms with E-state index in [4.69, 9.17) is 4.98 Å². The lowest BCUT2D eigenvalue weighted by Gasteiger charge is -2.16. The number of hydrogen-bond acceptors (Lipinski definition) is 2. The van der Waals surface area contributed by atoms with Gasteiger partial charge in [0.15, 0.2) is 0 Å². The number of fused-ring (bicyclic) bond motifs is 1. The summed E-state index contributed by atoms with van der Waals surface area (Å²) >= 11 is 0. The molecule has 1 unspecified atom stereocenters. The first-order valence-corrected chi connectivity index (χ1v) is 10.4. The van der Waals surface area contributed by atoms with Crippen molar-refractivity contribution in [2.24, 2.45) is 0 Å². The Kier molecular flexibility index (Phi) is 8.66. The number of hydrogen-bond donors (Lipinski definition) is 1. The Labute approximate surface area is 158 Å². The molecule has 2 aromatic rings. The minimum Gasteiger partial charge on any atom is -0.346 e. The van der Waals surface area contributed by atoms with E-state index in [0.29, 0.717) is 6.42 Å². The molecule has 1 amide bonds. The Balaban J connectivity index is 2.02. The molecule has 144 valence electrons. The molecule has 1 atom stereocenters. The number of carbonyl (C=O) groups excluding carboxylic acids is 1. The van der Waals surface area contributed by atoms with Crippen LogP contribution in [0, 0.1) is 0 Å². The Bertz CT molecular complexity index is 677. The SMILES string of the molecule is CCCCCCCCCn1c(C(C)NC(=O)CCC)nc2ccccc21. The van der Waals surface area contributed by atoms with E-state index in [9.17, 15) is 4.79 Å². The first kappa shape index (κ1) is 20.5. The molecule has 26 heavy (non-hydrogen) atoms. The number of para-hydroxylation sites is 2. The van der Waals surface area contributed by atoms with Crippen molar-refractivity contribution in [3.8, 4) is 0 Å². The van der Waals surface area contributed by atoms with E-state index in [1.165, 1.54) is 44.0 Å². The van der Waals surface area contributed by atoms with E-state index in [1.54, 1.807) is 0 Å². The van der Waals surface area contributed by atoms with E-state index in [-0.39, 0.29) is 11.9 Å². The fourth-order valence-electron chi connectivity index (χ4n) is 3.49.